The molecule has 0 heterocycles. The van der Waals surface area contributed by atoms with Gasteiger partial charge in [0, 0.05) is 6.54 Å². The lowest BCUT2D eigenvalue weighted by atomic mass is 9.98. The van der Waals surface area contributed by atoms with Crippen LogP contribution in [0.2, 0.25) is 0 Å². The molecule has 1 saturated carbocycles. The summed E-state index contributed by atoms with van der Waals surface area (Å²) < 4.78 is 28.0. The molecule has 1 rings (SSSR count). The van der Waals surface area contributed by atoms with Gasteiger partial charge in [-0.05, 0) is 12.8 Å². The molecular formula is C8H18N4O3S. The third-order valence-electron chi connectivity index (χ3n) is 2.72. The molecule has 0 unspecified atom stereocenters. The molecule has 0 aromatic carbocycles. The Morgan fingerprint density at radius 1 is 1.50 bits per heavy atom. The van der Waals surface area contributed by atoms with Crippen LogP contribution < -0.4 is 15.2 Å². The molecule has 8 heteroatoms. The average molecular weight is 250 g/mol. The molecule has 1 aliphatic carbocycles. The number of nitrogens with two attached hydrogens (primary N) is 1. The zero-order valence-corrected chi connectivity index (χ0v) is 10.0. The fourth-order valence-corrected chi connectivity index (χ4v) is 3.24. The highest BCUT2D eigenvalue weighted by Gasteiger charge is 2.41. The van der Waals surface area contributed by atoms with Gasteiger partial charge in [-0.25, -0.2) is 4.72 Å². The van der Waals surface area contributed by atoms with Crippen molar-refractivity contribution < 1.29 is 13.6 Å². The molecule has 0 atom stereocenters. The van der Waals surface area contributed by atoms with Crippen molar-refractivity contribution in [3.8, 4) is 0 Å². The first-order valence-corrected chi connectivity index (χ1v) is 6.70. The van der Waals surface area contributed by atoms with Crippen LogP contribution in [-0.4, -0.2) is 31.5 Å². The fraction of sp³-hybridized carbons (Fsp3) is 0.875. The Morgan fingerprint density at radius 3 is 2.50 bits per heavy atom. The third-order valence-corrected chi connectivity index (χ3v) is 4.05. The summed E-state index contributed by atoms with van der Waals surface area (Å²) in [5.74, 6) is -0.0773. The highest BCUT2D eigenvalue weighted by Crippen LogP contribution is 2.30. The second kappa shape index (κ2) is 4.98. The second-order valence-electron chi connectivity index (χ2n) is 3.88. The molecule has 5 N–H and O–H groups in total. The molecule has 0 bridgehead atoms. The Bertz CT molecular complexity index is 359. The summed E-state index contributed by atoms with van der Waals surface area (Å²) in [6.07, 6.45) is 2.80. The topological polar surface area (TPSA) is 117 Å². The Labute approximate surface area is 95.3 Å². The van der Waals surface area contributed by atoms with Gasteiger partial charge >= 0.3 is 0 Å². The normalized spacial score (nSPS) is 21.2. The van der Waals surface area contributed by atoms with Gasteiger partial charge in [-0.15, -0.1) is 0 Å². The third kappa shape index (κ3) is 2.83. The molecule has 94 valence electrons. The van der Waals surface area contributed by atoms with Gasteiger partial charge in [0.15, 0.2) is 5.84 Å². The van der Waals surface area contributed by atoms with E-state index in [4.69, 9.17) is 10.9 Å². The van der Waals surface area contributed by atoms with E-state index in [1.54, 1.807) is 6.92 Å². The molecule has 1 aliphatic rings. The summed E-state index contributed by atoms with van der Waals surface area (Å²) in [4.78, 5) is 0. The van der Waals surface area contributed by atoms with E-state index in [1.165, 1.54) is 0 Å². The van der Waals surface area contributed by atoms with Gasteiger partial charge in [0.1, 0.15) is 0 Å². The Morgan fingerprint density at radius 2 is 2.06 bits per heavy atom. The van der Waals surface area contributed by atoms with Crippen molar-refractivity contribution in [1.82, 2.24) is 9.44 Å². The van der Waals surface area contributed by atoms with Crippen molar-refractivity contribution in [3.05, 3.63) is 0 Å². The number of hydrogen-bond donors (Lipinski definition) is 4. The molecule has 0 spiro atoms. The van der Waals surface area contributed by atoms with E-state index >= 15 is 0 Å². The summed E-state index contributed by atoms with van der Waals surface area (Å²) in [6.45, 7) is 1.98. The van der Waals surface area contributed by atoms with Crippen molar-refractivity contribution in [3.63, 3.8) is 0 Å². The van der Waals surface area contributed by atoms with Gasteiger partial charge in [0.05, 0.1) is 5.54 Å². The molecule has 0 radical (unpaired) electrons. The SMILES string of the molecule is CCNS(=O)(=O)NC1(C(N)=NO)CCCC1. The number of oxime groups is 1. The Balaban J connectivity index is 2.89. The lowest BCUT2D eigenvalue weighted by Crippen LogP contribution is -2.58. The summed E-state index contributed by atoms with van der Waals surface area (Å²) in [5.41, 5.74) is 4.63. The number of nitrogens with one attached hydrogen (secondary N) is 2. The van der Waals surface area contributed by atoms with Crippen molar-refractivity contribution >= 4 is 16.0 Å². The van der Waals surface area contributed by atoms with Crippen molar-refractivity contribution in [2.24, 2.45) is 10.9 Å². The maximum atomic E-state index is 11.6. The number of amidine groups is 1. The Hall–Kier alpha value is -0.860. The van der Waals surface area contributed by atoms with E-state index in [0.717, 1.165) is 12.8 Å². The van der Waals surface area contributed by atoms with Gasteiger partial charge in [0.25, 0.3) is 10.2 Å². The minimum absolute atomic E-state index is 0.0773. The maximum Gasteiger partial charge on any atom is 0.277 e. The van der Waals surface area contributed by atoms with Gasteiger partial charge in [-0.3, -0.25) is 0 Å². The minimum atomic E-state index is -3.60. The summed E-state index contributed by atoms with van der Waals surface area (Å²) in [7, 11) is -3.60. The quantitative estimate of drug-likeness (QED) is 0.227. The minimum Gasteiger partial charge on any atom is -0.409 e. The van der Waals surface area contributed by atoms with Crippen molar-refractivity contribution in [1.29, 1.82) is 0 Å². The predicted octanol–water partition coefficient (Wildman–Crippen LogP) is -0.510. The van der Waals surface area contributed by atoms with Crippen LogP contribution in [-0.2, 0) is 10.2 Å². The van der Waals surface area contributed by atoms with Crippen LogP contribution >= 0.6 is 0 Å². The van der Waals surface area contributed by atoms with E-state index < -0.39 is 15.7 Å². The largest absolute Gasteiger partial charge is 0.409 e. The van der Waals surface area contributed by atoms with Crippen LogP contribution in [0.15, 0.2) is 5.16 Å². The van der Waals surface area contributed by atoms with Gasteiger partial charge in [-0.1, -0.05) is 24.9 Å². The highest BCUT2D eigenvalue weighted by atomic mass is 32.2. The molecule has 0 aliphatic heterocycles. The van der Waals surface area contributed by atoms with Crippen LogP contribution in [0.1, 0.15) is 32.6 Å². The van der Waals surface area contributed by atoms with Crippen LogP contribution in [0.3, 0.4) is 0 Å². The van der Waals surface area contributed by atoms with E-state index in [1.807, 2.05) is 0 Å². The monoisotopic (exact) mass is 250 g/mol. The van der Waals surface area contributed by atoms with E-state index in [2.05, 4.69) is 14.6 Å². The highest BCUT2D eigenvalue weighted by molar-refractivity contribution is 7.87. The molecule has 0 aromatic rings. The zero-order chi connectivity index (χ0) is 12.2. The Kier molecular flexibility index (Phi) is 4.11. The number of hydrogen-bond acceptors (Lipinski definition) is 4. The summed E-state index contributed by atoms with van der Waals surface area (Å²) in [5, 5.41) is 11.6. The molecule has 0 aromatic heterocycles. The molecule has 7 nitrogen and oxygen atoms in total. The second-order valence-corrected chi connectivity index (χ2v) is 5.38. The van der Waals surface area contributed by atoms with Crippen LogP contribution in [0.25, 0.3) is 0 Å². The first-order valence-electron chi connectivity index (χ1n) is 5.22. The molecule has 0 saturated heterocycles. The van der Waals surface area contributed by atoms with E-state index in [9.17, 15) is 8.42 Å². The smallest absolute Gasteiger partial charge is 0.277 e. The molecule has 16 heavy (non-hydrogen) atoms. The van der Waals surface area contributed by atoms with Crippen molar-refractivity contribution in [2.45, 2.75) is 38.1 Å². The molecule has 1 fully saturated rings. The predicted molar refractivity (Wildman–Crippen MR) is 60.3 cm³/mol. The lowest BCUT2D eigenvalue weighted by molar-refractivity contribution is 0.309. The maximum absolute atomic E-state index is 11.6. The standard InChI is InChI=1S/C8H18N4O3S/c1-2-10-16(14,15)12-8(7(9)11-13)5-3-4-6-8/h10,12-13H,2-6H2,1H3,(H2,9,11). The van der Waals surface area contributed by atoms with E-state index in [0.29, 0.717) is 19.4 Å². The van der Waals surface area contributed by atoms with Crippen LogP contribution in [0.5, 0.6) is 0 Å². The van der Waals surface area contributed by atoms with Gasteiger partial charge in [0.2, 0.25) is 0 Å². The first-order chi connectivity index (χ1) is 7.46. The van der Waals surface area contributed by atoms with Crippen molar-refractivity contribution in [2.75, 3.05) is 6.54 Å². The first kappa shape index (κ1) is 13.2. The number of nitrogens with zero attached hydrogens (tertiary/aromatic N) is 1. The van der Waals surface area contributed by atoms with Crippen LogP contribution in [0, 0.1) is 0 Å². The summed E-state index contributed by atoms with van der Waals surface area (Å²) in [6, 6.07) is 0. The van der Waals surface area contributed by atoms with Crippen LogP contribution in [0.4, 0.5) is 0 Å². The fourth-order valence-electron chi connectivity index (χ4n) is 1.97. The van der Waals surface area contributed by atoms with Gasteiger partial charge in [-0.2, -0.15) is 13.1 Å². The number of rotatable bonds is 5. The lowest BCUT2D eigenvalue weighted by Gasteiger charge is -2.28. The summed E-state index contributed by atoms with van der Waals surface area (Å²) >= 11 is 0. The van der Waals surface area contributed by atoms with E-state index in [-0.39, 0.29) is 5.84 Å². The van der Waals surface area contributed by atoms with Gasteiger partial charge < -0.3 is 10.9 Å². The molecule has 0 amide bonds. The molecular weight excluding hydrogens is 232 g/mol. The zero-order valence-electron chi connectivity index (χ0n) is 9.23. The average Bonchev–Trinajstić information content (AvgIpc) is 2.65.